The lowest BCUT2D eigenvalue weighted by Crippen LogP contribution is -2.34. The third-order valence-electron chi connectivity index (χ3n) is 2.81. The predicted octanol–water partition coefficient (Wildman–Crippen LogP) is 2.31. The van der Waals surface area contributed by atoms with Crippen LogP contribution in [-0.4, -0.2) is 24.5 Å². The van der Waals surface area contributed by atoms with Crippen molar-refractivity contribution in [2.45, 2.75) is 13.0 Å². The fraction of sp³-hybridized carbons (Fsp3) is 0.455. The molecule has 1 aliphatic rings. The highest BCUT2D eigenvalue weighted by molar-refractivity contribution is 6.42. The molecule has 0 aromatic heterocycles. The molecule has 0 amide bonds. The van der Waals surface area contributed by atoms with Gasteiger partial charge in [0.1, 0.15) is 0 Å². The number of rotatable bonds is 2. The highest BCUT2D eigenvalue weighted by Crippen LogP contribution is 2.31. The van der Waals surface area contributed by atoms with Crippen molar-refractivity contribution in [3.63, 3.8) is 0 Å². The zero-order valence-electron chi connectivity index (χ0n) is 8.47. The summed E-state index contributed by atoms with van der Waals surface area (Å²) in [5.74, 6) is 0. The molecule has 0 saturated heterocycles. The van der Waals surface area contributed by atoms with Crippen molar-refractivity contribution < 1.29 is 0 Å². The number of fused-ring (bicyclic) bond motifs is 1. The van der Waals surface area contributed by atoms with Crippen molar-refractivity contribution in [3.8, 4) is 0 Å². The Morgan fingerprint density at radius 2 is 2.13 bits per heavy atom. The second-order valence-corrected chi connectivity index (χ2v) is 4.60. The van der Waals surface area contributed by atoms with Crippen LogP contribution in [0.15, 0.2) is 12.1 Å². The van der Waals surface area contributed by atoms with Gasteiger partial charge >= 0.3 is 0 Å². The van der Waals surface area contributed by atoms with Gasteiger partial charge in [0.15, 0.2) is 0 Å². The van der Waals surface area contributed by atoms with Gasteiger partial charge in [-0.2, -0.15) is 0 Å². The first-order valence-electron chi connectivity index (χ1n) is 5.10. The maximum Gasteiger partial charge on any atom is 0.0628 e. The molecule has 82 valence electrons. The largest absolute Gasteiger partial charge is 0.329 e. The zero-order chi connectivity index (χ0) is 10.8. The topological polar surface area (TPSA) is 29.3 Å². The summed E-state index contributed by atoms with van der Waals surface area (Å²) in [5.41, 5.74) is 8.03. The maximum absolute atomic E-state index is 6.16. The lowest BCUT2D eigenvalue weighted by Gasteiger charge is -2.29. The van der Waals surface area contributed by atoms with Gasteiger partial charge in [-0.05, 0) is 23.6 Å². The predicted molar refractivity (Wildman–Crippen MR) is 64.5 cm³/mol. The first-order chi connectivity index (χ1) is 7.22. The third kappa shape index (κ3) is 2.28. The van der Waals surface area contributed by atoms with Crippen LogP contribution in [-0.2, 0) is 13.0 Å². The van der Waals surface area contributed by atoms with Gasteiger partial charge in [-0.25, -0.2) is 0 Å². The van der Waals surface area contributed by atoms with Crippen molar-refractivity contribution in [1.29, 1.82) is 0 Å². The molecule has 1 aliphatic heterocycles. The molecule has 2 N–H and O–H groups in total. The van der Waals surface area contributed by atoms with E-state index in [9.17, 15) is 0 Å². The molecule has 0 aliphatic carbocycles. The van der Waals surface area contributed by atoms with Crippen LogP contribution >= 0.6 is 23.2 Å². The molecule has 2 rings (SSSR count). The van der Waals surface area contributed by atoms with Gasteiger partial charge < -0.3 is 5.73 Å². The number of nitrogens with zero attached hydrogens (tertiary/aromatic N) is 1. The van der Waals surface area contributed by atoms with Crippen LogP contribution in [0.1, 0.15) is 11.1 Å². The van der Waals surface area contributed by atoms with Crippen LogP contribution in [0.5, 0.6) is 0 Å². The minimum absolute atomic E-state index is 0.655. The molecule has 0 atom stereocenters. The Morgan fingerprint density at radius 1 is 1.33 bits per heavy atom. The van der Waals surface area contributed by atoms with E-state index in [0.717, 1.165) is 31.1 Å². The van der Waals surface area contributed by atoms with Crippen molar-refractivity contribution in [2.75, 3.05) is 19.6 Å². The lowest BCUT2D eigenvalue weighted by atomic mass is 10.00. The molecule has 2 nitrogen and oxygen atoms in total. The molecule has 0 unspecified atom stereocenters. The van der Waals surface area contributed by atoms with Gasteiger partial charge in [-0.15, -0.1) is 0 Å². The second kappa shape index (κ2) is 4.71. The summed E-state index contributed by atoms with van der Waals surface area (Å²) in [7, 11) is 0. The van der Waals surface area contributed by atoms with E-state index in [-0.39, 0.29) is 0 Å². The molecular formula is C11H14Cl2N2. The van der Waals surface area contributed by atoms with E-state index in [1.165, 1.54) is 11.1 Å². The van der Waals surface area contributed by atoms with Crippen LogP contribution in [0.2, 0.25) is 10.0 Å². The summed E-state index contributed by atoms with van der Waals surface area (Å²) in [5, 5.41) is 1.38. The van der Waals surface area contributed by atoms with Crippen molar-refractivity contribution in [3.05, 3.63) is 33.3 Å². The minimum Gasteiger partial charge on any atom is -0.329 e. The van der Waals surface area contributed by atoms with Crippen LogP contribution in [0, 0.1) is 0 Å². The number of hydrogen-bond acceptors (Lipinski definition) is 2. The smallest absolute Gasteiger partial charge is 0.0628 e. The van der Waals surface area contributed by atoms with Crippen LogP contribution in [0.4, 0.5) is 0 Å². The van der Waals surface area contributed by atoms with Crippen molar-refractivity contribution in [2.24, 2.45) is 5.73 Å². The van der Waals surface area contributed by atoms with Crippen molar-refractivity contribution >= 4 is 23.2 Å². The van der Waals surface area contributed by atoms with Crippen molar-refractivity contribution in [1.82, 2.24) is 4.90 Å². The number of benzene rings is 1. The number of halogens is 2. The van der Waals surface area contributed by atoms with E-state index >= 15 is 0 Å². The Kier molecular flexibility index (Phi) is 3.52. The molecule has 1 heterocycles. The van der Waals surface area contributed by atoms with Crippen LogP contribution < -0.4 is 5.73 Å². The molecule has 0 spiro atoms. The van der Waals surface area contributed by atoms with Gasteiger partial charge in [0.2, 0.25) is 0 Å². The Balaban J connectivity index is 2.24. The minimum atomic E-state index is 0.655. The molecule has 0 radical (unpaired) electrons. The number of hydrogen-bond donors (Lipinski definition) is 1. The quantitative estimate of drug-likeness (QED) is 0.866. The fourth-order valence-corrected chi connectivity index (χ4v) is 2.47. The van der Waals surface area contributed by atoms with Gasteiger partial charge in [-0.3, -0.25) is 4.90 Å². The highest BCUT2D eigenvalue weighted by Gasteiger charge is 2.18. The lowest BCUT2D eigenvalue weighted by molar-refractivity contribution is 0.261. The molecule has 4 heteroatoms. The first-order valence-corrected chi connectivity index (χ1v) is 5.86. The number of nitrogens with two attached hydrogens (primary N) is 1. The monoisotopic (exact) mass is 244 g/mol. The summed E-state index contributed by atoms with van der Waals surface area (Å²) < 4.78 is 0. The fourth-order valence-electron chi connectivity index (χ4n) is 2.01. The summed E-state index contributed by atoms with van der Waals surface area (Å²) in [6.07, 6.45) is 0.967. The van der Waals surface area contributed by atoms with E-state index in [1.807, 2.05) is 6.07 Å². The zero-order valence-corrected chi connectivity index (χ0v) is 9.98. The van der Waals surface area contributed by atoms with Gasteiger partial charge in [-0.1, -0.05) is 29.3 Å². The van der Waals surface area contributed by atoms with E-state index < -0.39 is 0 Å². The highest BCUT2D eigenvalue weighted by atomic mass is 35.5. The molecule has 0 saturated carbocycles. The maximum atomic E-state index is 6.16. The van der Waals surface area contributed by atoms with E-state index in [1.54, 1.807) is 0 Å². The van der Waals surface area contributed by atoms with E-state index in [4.69, 9.17) is 28.9 Å². The average molecular weight is 245 g/mol. The van der Waals surface area contributed by atoms with Gasteiger partial charge in [0.25, 0.3) is 0 Å². The Bertz CT molecular complexity index is 366. The molecular weight excluding hydrogens is 231 g/mol. The molecule has 1 aromatic carbocycles. The molecule has 0 fully saturated rings. The first kappa shape index (κ1) is 11.2. The Labute approximate surface area is 100.0 Å². The Hall–Kier alpha value is -0.280. The summed E-state index contributed by atoms with van der Waals surface area (Å²) in [4.78, 5) is 2.34. The molecule has 0 bridgehead atoms. The average Bonchev–Trinajstić information content (AvgIpc) is 2.24. The van der Waals surface area contributed by atoms with Crippen LogP contribution in [0.3, 0.4) is 0 Å². The second-order valence-electron chi connectivity index (χ2n) is 3.81. The summed E-state index contributed by atoms with van der Waals surface area (Å²) >= 11 is 12.1. The Morgan fingerprint density at radius 3 is 2.87 bits per heavy atom. The van der Waals surface area contributed by atoms with E-state index in [2.05, 4.69) is 11.0 Å². The van der Waals surface area contributed by atoms with Crippen LogP contribution in [0.25, 0.3) is 0 Å². The normalized spacial score (nSPS) is 16.5. The third-order valence-corrected chi connectivity index (χ3v) is 3.65. The van der Waals surface area contributed by atoms with E-state index in [0.29, 0.717) is 11.6 Å². The summed E-state index contributed by atoms with van der Waals surface area (Å²) in [6, 6.07) is 3.93. The summed E-state index contributed by atoms with van der Waals surface area (Å²) in [6.45, 7) is 3.60. The van der Waals surface area contributed by atoms with Gasteiger partial charge in [0, 0.05) is 26.2 Å². The SMILES string of the molecule is NCCN1CCc2c(ccc(Cl)c2Cl)C1. The molecule has 1 aromatic rings. The van der Waals surface area contributed by atoms with Gasteiger partial charge in [0.05, 0.1) is 10.0 Å². The standard InChI is InChI=1S/C11H14Cl2N2/c12-10-2-1-8-7-15(6-4-14)5-3-9(8)11(10)13/h1-2H,3-7,14H2. The molecule has 15 heavy (non-hydrogen) atoms.